The minimum absolute atomic E-state index is 0.200. The lowest BCUT2D eigenvalue weighted by Crippen LogP contribution is -2.02. The fourth-order valence-electron chi connectivity index (χ4n) is 0.551. The molecule has 0 aromatic rings. The molecule has 2 heteroatoms. The zero-order chi connectivity index (χ0) is 7.28. The molecule has 1 atom stereocenters. The third-order valence-corrected chi connectivity index (χ3v) is 0.863. The maximum absolute atomic E-state index is 9.81. The van der Waals surface area contributed by atoms with Crippen molar-refractivity contribution in [1.82, 2.24) is 0 Å². The highest BCUT2D eigenvalue weighted by molar-refractivity contribution is 5.50. The molecule has 0 aliphatic carbocycles. The normalized spacial score (nSPS) is 12.3. The lowest BCUT2D eigenvalue weighted by Gasteiger charge is -1.98. The fourth-order valence-corrected chi connectivity index (χ4v) is 0.551. The molecular weight excluding hydrogens is 116 g/mol. The molecule has 0 aromatic carbocycles. The first-order chi connectivity index (χ1) is 4.16. The van der Waals surface area contributed by atoms with Crippen LogP contribution < -0.4 is 0 Å². The summed E-state index contributed by atoms with van der Waals surface area (Å²) in [6, 6.07) is 0. The quantitative estimate of drug-likeness (QED) is 0.453. The van der Waals surface area contributed by atoms with Crippen LogP contribution in [0.3, 0.4) is 0 Å². The van der Waals surface area contributed by atoms with Crippen molar-refractivity contribution >= 4 is 6.29 Å². The molecule has 0 amide bonds. The van der Waals surface area contributed by atoms with Crippen molar-refractivity contribution in [3.8, 4) is 0 Å². The highest BCUT2D eigenvalue weighted by Crippen LogP contribution is 1.95. The number of hydrogen-bond donors (Lipinski definition) is 1. The number of aliphatic hydroxyl groups excluding tert-OH is 1. The van der Waals surface area contributed by atoms with E-state index in [2.05, 4.69) is 0 Å². The maximum atomic E-state index is 9.81. The third-order valence-electron chi connectivity index (χ3n) is 0.863. The number of aldehydes is 1. The van der Waals surface area contributed by atoms with Gasteiger partial charge < -0.3 is 9.90 Å². The van der Waals surface area contributed by atoms with Gasteiger partial charge in [-0.3, -0.25) is 0 Å². The Balaban J connectivity index is 3.61. The Labute approximate surface area is 55.2 Å². The van der Waals surface area contributed by atoms with Gasteiger partial charge >= 0.3 is 0 Å². The van der Waals surface area contributed by atoms with Gasteiger partial charge in [0.05, 0.1) is 6.10 Å². The van der Waals surface area contributed by atoms with E-state index in [-0.39, 0.29) is 6.42 Å². The molecule has 1 unspecified atom stereocenters. The number of carbonyl (C=O) groups is 1. The van der Waals surface area contributed by atoms with Gasteiger partial charge in [0.15, 0.2) is 0 Å². The molecule has 0 aliphatic rings. The van der Waals surface area contributed by atoms with E-state index in [4.69, 9.17) is 5.11 Å². The SMILES string of the molecule is CC(C)=CC(O)CC=O. The lowest BCUT2D eigenvalue weighted by molar-refractivity contribution is -0.109. The van der Waals surface area contributed by atoms with Crippen LogP contribution in [0.4, 0.5) is 0 Å². The topological polar surface area (TPSA) is 37.3 Å². The average molecular weight is 128 g/mol. The van der Waals surface area contributed by atoms with Crippen LogP contribution in [0.15, 0.2) is 11.6 Å². The molecule has 0 bridgehead atoms. The van der Waals surface area contributed by atoms with Crippen molar-refractivity contribution < 1.29 is 9.90 Å². The smallest absolute Gasteiger partial charge is 0.122 e. The van der Waals surface area contributed by atoms with Gasteiger partial charge in [-0.25, -0.2) is 0 Å². The predicted molar refractivity (Wildman–Crippen MR) is 36.1 cm³/mol. The van der Waals surface area contributed by atoms with Gasteiger partial charge in [-0.1, -0.05) is 11.6 Å². The third kappa shape index (κ3) is 5.24. The molecule has 0 heterocycles. The summed E-state index contributed by atoms with van der Waals surface area (Å²) < 4.78 is 0. The summed E-state index contributed by atoms with van der Waals surface area (Å²) in [7, 11) is 0. The van der Waals surface area contributed by atoms with E-state index in [1.54, 1.807) is 6.08 Å². The molecule has 2 nitrogen and oxygen atoms in total. The summed E-state index contributed by atoms with van der Waals surface area (Å²) in [4.78, 5) is 9.81. The monoisotopic (exact) mass is 128 g/mol. The summed E-state index contributed by atoms with van der Waals surface area (Å²) in [5.74, 6) is 0. The van der Waals surface area contributed by atoms with Crippen LogP contribution in [0.25, 0.3) is 0 Å². The highest BCUT2D eigenvalue weighted by atomic mass is 16.3. The molecule has 0 rings (SSSR count). The molecule has 1 N–H and O–H groups in total. The predicted octanol–water partition coefficient (Wildman–Crippen LogP) is 0.903. The van der Waals surface area contributed by atoms with Crippen LogP contribution in [0.2, 0.25) is 0 Å². The van der Waals surface area contributed by atoms with E-state index in [9.17, 15) is 4.79 Å². The van der Waals surface area contributed by atoms with Crippen molar-refractivity contribution in [2.75, 3.05) is 0 Å². The first kappa shape index (κ1) is 8.37. The first-order valence-corrected chi connectivity index (χ1v) is 2.93. The molecule has 0 saturated carbocycles. The van der Waals surface area contributed by atoms with Crippen LogP contribution in [0.1, 0.15) is 20.3 Å². The second-order valence-corrected chi connectivity index (χ2v) is 2.21. The second-order valence-electron chi connectivity index (χ2n) is 2.21. The number of carbonyl (C=O) groups excluding carboxylic acids is 1. The van der Waals surface area contributed by atoms with Gasteiger partial charge in [-0.2, -0.15) is 0 Å². The van der Waals surface area contributed by atoms with Crippen LogP contribution in [0, 0.1) is 0 Å². The minimum Gasteiger partial charge on any atom is -0.389 e. The number of hydrogen-bond acceptors (Lipinski definition) is 2. The number of rotatable bonds is 3. The van der Waals surface area contributed by atoms with Crippen LogP contribution in [-0.4, -0.2) is 17.5 Å². The van der Waals surface area contributed by atoms with Crippen LogP contribution in [-0.2, 0) is 4.79 Å². The second kappa shape index (κ2) is 4.27. The Morgan fingerprint density at radius 3 is 2.56 bits per heavy atom. The van der Waals surface area contributed by atoms with Crippen molar-refractivity contribution in [1.29, 1.82) is 0 Å². The van der Waals surface area contributed by atoms with E-state index in [1.165, 1.54) is 0 Å². The van der Waals surface area contributed by atoms with Crippen LogP contribution >= 0.6 is 0 Å². The Morgan fingerprint density at radius 2 is 2.22 bits per heavy atom. The van der Waals surface area contributed by atoms with Gasteiger partial charge in [0.1, 0.15) is 6.29 Å². The fraction of sp³-hybridized carbons (Fsp3) is 0.571. The van der Waals surface area contributed by atoms with Gasteiger partial charge in [-0.15, -0.1) is 0 Å². The molecule has 0 fully saturated rings. The highest BCUT2D eigenvalue weighted by Gasteiger charge is 1.95. The zero-order valence-corrected chi connectivity index (χ0v) is 5.79. The van der Waals surface area contributed by atoms with Gasteiger partial charge in [0.25, 0.3) is 0 Å². The summed E-state index contributed by atoms with van der Waals surface area (Å²) in [5, 5.41) is 8.91. The Morgan fingerprint density at radius 1 is 1.67 bits per heavy atom. The molecule has 0 aromatic heterocycles. The Hall–Kier alpha value is -0.630. The first-order valence-electron chi connectivity index (χ1n) is 2.93. The summed E-state index contributed by atoms with van der Waals surface area (Å²) in [6.45, 7) is 3.77. The lowest BCUT2D eigenvalue weighted by atomic mass is 10.2. The van der Waals surface area contributed by atoms with Gasteiger partial charge in [0, 0.05) is 6.42 Å². The summed E-state index contributed by atoms with van der Waals surface area (Å²) >= 11 is 0. The van der Waals surface area contributed by atoms with Crippen LogP contribution in [0.5, 0.6) is 0 Å². The van der Waals surface area contributed by atoms with Gasteiger partial charge in [0.2, 0.25) is 0 Å². The molecule has 0 spiro atoms. The molecule has 0 aliphatic heterocycles. The standard InChI is InChI=1S/C7H12O2/c1-6(2)5-7(9)3-4-8/h4-5,7,9H,3H2,1-2H3. The van der Waals surface area contributed by atoms with Crippen molar-refractivity contribution in [3.63, 3.8) is 0 Å². The van der Waals surface area contributed by atoms with E-state index in [1.807, 2.05) is 13.8 Å². The van der Waals surface area contributed by atoms with Crippen molar-refractivity contribution in [2.45, 2.75) is 26.4 Å². The van der Waals surface area contributed by atoms with E-state index >= 15 is 0 Å². The molecule has 52 valence electrons. The average Bonchev–Trinajstić information content (AvgIpc) is 1.63. The maximum Gasteiger partial charge on any atom is 0.122 e. The zero-order valence-electron chi connectivity index (χ0n) is 5.79. The molecule has 0 saturated heterocycles. The van der Waals surface area contributed by atoms with Crippen molar-refractivity contribution in [3.05, 3.63) is 11.6 Å². The van der Waals surface area contributed by atoms with Gasteiger partial charge in [-0.05, 0) is 13.8 Å². The Bertz CT molecular complexity index is 112. The molecule has 9 heavy (non-hydrogen) atoms. The van der Waals surface area contributed by atoms with E-state index < -0.39 is 6.10 Å². The largest absolute Gasteiger partial charge is 0.389 e. The number of aliphatic hydroxyl groups is 1. The number of allylic oxidation sites excluding steroid dienone is 1. The Kier molecular flexibility index (Phi) is 3.97. The summed E-state index contributed by atoms with van der Waals surface area (Å²) in [6.07, 6.45) is 1.98. The molecule has 0 radical (unpaired) electrons. The summed E-state index contributed by atoms with van der Waals surface area (Å²) in [5.41, 5.74) is 1.03. The van der Waals surface area contributed by atoms with E-state index in [0.29, 0.717) is 6.29 Å². The van der Waals surface area contributed by atoms with Crippen molar-refractivity contribution in [2.24, 2.45) is 0 Å². The molecular formula is C7H12O2. The minimum atomic E-state index is -0.590. The van der Waals surface area contributed by atoms with E-state index in [0.717, 1.165) is 5.57 Å².